The summed E-state index contributed by atoms with van der Waals surface area (Å²) in [4.78, 5) is 116. The van der Waals surface area contributed by atoms with Gasteiger partial charge in [0.25, 0.3) is 0 Å². The van der Waals surface area contributed by atoms with Crippen LogP contribution in [-0.4, -0.2) is 244 Å². The molecule has 0 fully saturated rings. The second-order valence-corrected chi connectivity index (χ2v) is 16.0. The van der Waals surface area contributed by atoms with E-state index in [1.165, 1.54) is 30.6 Å². The van der Waals surface area contributed by atoms with E-state index in [0.717, 1.165) is 35.7 Å². The molecule has 0 unspecified atom stereocenters. The van der Waals surface area contributed by atoms with E-state index < -0.39 is 74.8 Å². The summed E-state index contributed by atoms with van der Waals surface area (Å²) in [6.07, 6.45) is 7.50. The third kappa shape index (κ3) is 26.7. The quantitative estimate of drug-likeness (QED) is 0.0208. The summed E-state index contributed by atoms with van der Waals surface area (Å²) in [5.41, 5.74) is 5.69. The molecule has 0 aromatic carbocycles. The molecule has 372 valence electrons. The van der Waals surface area contributed by atoms with Gasteiger partial charge in [-0.2, -0.15) is 0 Å². The van der Waals surface area contributed by atoms with Crippen LogP contribution < -0.4 is 21.7 Å². The Bertz CT molecular complexity index is 1450. The number of unbranched alkanes of at least 4 members (excludes halogenated alkanes) is 3. The minimum atomic E-state index is -0.685. The summed E-state index contributed by atoms with van der Waals surface area (Å²) >= 11 is 0. The lowest BCUT2D eigenvalue weighted by molar-refractivity contribution is -0.148. The highest BCUT2D eigenvalue weighted by Crippen LogP contribution is 2.08. The second kappa shape index (κ2) is 37.4. The number of aldehydes is 1. The van der Waals surface area contributed by atoms with E-state index in [1.807, 2.05) is 27.9 Å². The van der Waals surface area contributed by atoms with Crippen molar-refractivity contribution in [3.8, 4) is 0 Å². The van der Waals surface area contributed by atoms with Crippen molar-refractivity contribution in [2.45, 2.75) is 52.4 Å². The Morgan fingerprint density at radius 3 is 1.37 bits per heavy atom. The Morgan fingerprint density at radius 2 is 0.938 bits per heavy atom. The molecular weight excluding hydrogens is 843 g/mol. The SMILES string of the molecule is C=CCNCC(=O)N(CCCCNC)CC(=O)N(CCO)CC(=O)N(CC(=O)N(CCO)CC(=O)N(CC=C)CC(=O)N(CCCCN)CC(=O)N(CC=O)CCCCNC)CC(C)C. The lowest BCUT2D eigenvalue weighted by Crippen LogP contribution is -2.53. The minimum absolute atomic E-state index is 0.0299. The summed E-state index contributed by atoms with van der Waals surface area (Å²) in [7, 11) is 3.63. The average molecular weight is 924 g/mol. The summed E-state index contributed by atoms with van der Waals surface area (Å²) in [5, 5.41) is 28.8. The lowest BCUT2D eigenvalue weighted by atomic mass is 10.2. The number of nitrogens with two attached hydrogens (primary N) is 1. The number of nitrogens with zero attached hydrogens (tertiary/aromatic N) is 7. The Morgan fingerprint density at radius 1 is 0.538 bits per heavy atom. The molecule has 7 amide bonds. The molecule has 0 heterocycles. The third-order valence-electron chi connectivity index (χ3n) is 10.1. The first kappa shape index (κ1) is 60.2. The molecule has 0 aromatic rings. The fourth-order valence-corrected chi connectivity index (χ4v) is 6.55. The number of hydrogen-bond acceptors (Lipinski definition) is 14. The third-order valence-corrected chi connectivity index (χ3v) is 10.1. The molecule has 7 N–H and O–H groups in total. The first-order valence-electron chi connectivity index (χ1n) is 22.7. The van der Waals surface area contributed by atoms with Crippen molar-refractivity contribution >= 4 is 47.6 Å². The number of carbonyl (C=O) groups is 8. The topological polar surface area (TPSA) is 262 Å². The molecule has 0 aliphatic rings. The van der Waals surface area contributed by atoms with Gasteiger partial charge in [0.15, 0.2) is 0 Å². The zero-order chi connectivity index (χ0) is 49.0. The summed E-state index contributed by atoms with van der Waals surface area (Å²) in [6.45, 7) is 9.66. The van der Waals surface area contributed by atoms with Gasteiger partial charge in [-0.3, -0.25) is 33.6 Å². The maximum atomic E-state index is 13.9. The number of amides is 7. The van der Waals surface area contributed by atoms with Crippen LogP contribution in [0.5, 0.6) is 0 Å². The van der Waals surface area contributed by atoms with E-state index in [1.54, 1.807) is 6.08 Å². The molecule has 21 nitrogen and oxygen atoms in total. The van der Waals surface area contributed by atoms with Gasteiger partial charge in [0.1, 0.15) is 12.8 Å². The molecule has 0 spiro atoms. The number of rotatable bonds is 40. The van der Waals surface area contributed by atoms with E-state index in [2.05, 4.69) is 29.1 Å². The summed E-state index contributed by atoms with van der Waals surface area (Å²) < 4.78 is 0. The van der Waals surface area contributed by atoms with Gasteiger partial charge < -0.3 is 71.0 Å². The van der Waals surface area contributed by atoms with Crippen LogP contribution in [0, 0.1) is 5.92 Å². The molecule has 0 atom stereocenters. The molecular formula is C44H81N11O10. The van der Waals surface area contributed by atoms with E-state index in [-0.39, 0.29) is 70.7 Å². The first-order chi connectivity index (χ1) is 31.2. The number of aliphatic hydroxyl groups is 2. The number of aliphatic hydroxyl groups excluding tert-OH is 2. The zero-order valence-electron chi connectivity index (χ0n) is 39.7. The van der Waals surface area contributed by atoms with Gasteiger partial charge in [0, 0.05) is 52.4 Å². The van der Waals surface area contributed by atoms with E-state index >= 15 is 0 Å². The van der Waals surface area contributed by atoms with Gasteiger partial charge >= 0.3 is 0 Å². The molecule has 65 heavy (non-hydrogen) atoms. The van der Waals surface area contributed by atoms with Crippen LogP contribution in [0.2, 0.25) is 0 Å². The highest BCUT2D eigenvalue weighted by Gasteiger charge is 2.30. The predicted molar refractivity (Wildman–Crippen MR) is 249 cm³/mol. The number of hydrogen-bond donors (Lipinski definition) is 6. The average Bonchev–Trinajstić information content (AvgIpc) is 3.27. The summed E-state index contributed by atoms with van der Waals surface area (Å²) in [5.74, 6) is -3.95. The van der Waals surface area contributed by atoms with Gasteiger partial charge in [-0.25, -0.2) is 0 Å². The highest BCUT2D eigenvalue weighted by atomic mass is 16.3. The predicted octanol–water partition coefficient (Wildman–Crippen LogP) is -2.67. The Kier molecular flexibility index (Phi) is 34.7. The normalized spacial score (nSPS) is 10.8. The largest absolute Gasteiger partial charge is 0.395 e. The van der Waals surface area contributed by atoms with Gasteiger partial charge in [-0.05, 0) is 78.2 Å². The Balaban J connectivity index is 6.21. The van der Waals surface area contributed by atoms with Crippen LogP contribution in [0.4, 0.5) is 0 Å². The number of nitrogens with one attached hydrogen (secondary N) is 3. The van der Waals surface area contributed by atoms with Crippen molar-refractivity contribution in [2.75, 3.05) is 152 Å². The van der Waals surface area contributed by atoms with Crippen LogP contribution in [0.15, 0.2) is 25.3 Å². The van der Waals surface area contributed by atoms with Crippen molar-refractivity contribution in [1.29, 1.82) is 0 Å². The van der Waals surface area contributed by atoms with Crippen LogP contribution in [0.1, 0.15) is 52.4 Å². The molecule has 0 saturated heterocycles. The maximum absolute atomic E-state index is 13.9. The standard InChI is InChI=1S/C44H81N11O10/c1-7-16-48-29-38(59)51(22-14-11-18-47-6)33-42(63)54(25-28-58)35-44(65)55(30-37(3)4)36-43(64)53(24-27-57)34-40(61)50(19-8-2)32-41(62)52(21-12-9-15-45)31-39(60)49(23-26-56)20-13-10-17-46-5/h7-8,26,37,46-48,57-58H,1-2,9-25,27-36,45H2,3-6H3. The van der Waals surface area contributed by atoms with Crippen molar-refractivity contribution in [2.24, 2.45) is 11.7 Å². The van der Waals surface area contributed by atoms with E-state index in [4.69, 9.17) is 5.73 Å². The highest BCUT2D eigenvalue weighted by molar-refractivity contribution is 5.93. The molecule has 0 aliphatic carbocycles. The summed E-state index contributed by atoms with van der Waals surface area (Å²) in [6, 6.07) is 0. The molecule has 0 bridgehead atoms. The van der Waals surface area contributed by atoms with Gasteiger partial charge in [0.05, 0.1) is 59.0 Å². The molecule has 0 aromatic heterocycles. The van der Waals surface area contributed by atoms with E-state index in [0.29, 0.717) is 58.1 Å². The fraction of sp³-hybridized carbons (Fsp3) is 0.727. The van der Waals surface area contributed by atoms with Gasteiger partial charge in [-0.1, -0.05) is 26.0 Å². The van der Waals surface area contributed by atoms with Crippen LogP contribution in [0.25, 0.3) is 0 Å². The first-order valence-corrected chi connectivity index (χ1v) is 22.7. The smallest absolute Gasteiger partial charge is 0.242 e. The molecule has 21 heteroatoms. The molecule has 0 rings (SSSR count). The second-order valence-electron chi connectivity index (χ2n) is 16.0. The van der Waals surface area contributed by atoms with Gasteiger partial charge in [-0.15, -0.1) is 13.2 Å². The molecule has 0 saturated carbocycles. The van der Waals surface area contributed by atoms with Crippen LogP contribution >= 0.6 is 0 Å². The monoisotopic (exact) mass is 924 g/mol. The molecule has 0 aliphatic heterocycles. The number of carbonyl (C=O) groups excluding carboxylic acids is 8. The maximum Gasteiger partial charge on any atom is 0.242 e. The van der Waals surface area contributed by atoms with Crippen molar-refractivity contribution < 1.29 is 48.6 Å². The lowest BCUT2D eigenvalue weighted by Gasteiger charge is -2.32. The minimum Gasteiger partial charge on any atom is -0.395 e. The van der Waals surface area contributed by atoms with Crippen molar-refractivity contribution in [3.05, 3.63) is 25.3 Å². The van der Waals surface area contributed by atoms with Crippen LogP contribution in [-0.2, 0) is 38.4 Å². The molecule has 0 radical (unpaired) electrons. The Labute approximate surface area is 386 Å². The van der Waals surface area contributed by atoms with Crippen LogP contribution in [0.3, 0.4) is 0 Å². The zero-order valence-corrected chi connectivity index (χ0v) is 39.7. The van der Waals surface area contributed by atoms with Crippen molar-refractivity contribution in [3.63, 3.8) is 0 Å². The van der Waals surface area contributed by atoms with Crippen molar-refractivity contribution in [1.82, 2.24) is 50.2 Å². The van der Waals surface area contributed by atoms with Gasteiger partial charge in [0.2, 0.25) is 41.4 Å². The Hall–Kier alpha value is -4.80. The van der Waals surface area contributed by atoms with E-state index in [9.17, 15) is 48.6 Å². The fourth-order valence-electron chi connectivity index (χ4n) is 6.55.